The van der Waals surface area contributed by atoms with Crippen LogP contribution in [0.4, 0.5) is 13.2 Å². The summed E-state index contributed by atoms with van der Waals surface area (Å²) in [6, 6.07) is 0. The van der Waals surface area contributed by atoms with Crippen LogP contribution in [0.5, 0.6) is 0 Å². The third-order valence-electron chi connectivity index (χ3n) is 1.13. The summed E-state index contributed by atoms with van der Waals surface area (Å²) in [5.74, 6) is 0. The standard InChI is InChI=1S/C7H11F3O3/c1-2-13-6(7(8,9)10)5-12-4-3-11/h2,6,11H,1,3-5H2. The van der Waals surface area contributed by atoms with Crippen molar-refractivity contribution in [1.82, 2.24) is 0 Å². The smallest absolute Gasteiger partial charge is 0.427 e. The molecule has 1 unspecified atom stereocenters. The van der Waals surface area contributed by atoms with Crippen LogP contribution in [0.2, 0.25) is 0 Å². The Labute approximate surface area is 73.8 Å². The number of aliphatic hydroxyl groups is 1. The second-order valence-corrected chi connectivity index (χ2v) is 2.13. The Hall–Kier alpha value is -0.750. The number of aliphatic hydroxyl groups excluding tert-OH is 1. The third kappa shape index (κ3) is 5.48. The maximum absolute atomic E-state index is 12.0. The maximum Gasteiger partial charge on any atom is 0.427 e. The molecule has 0 saturated heterocycles. The van der Waals surface area contributed by atoms with E-state index in [1.54, 1.807) is 0 Å². The van der Waals surface area contributed by atoms with Gasteiger partial charge in [-0.3, -0.25) is 0 Å². The quantitative estimate of drug-likeness (QED) is 0.515. The van der Waals surface area contributed by atoms with E-state index in [-0.39, 0.29) is 13.2 Å². The first-order valence-corrected chi connectivity index (χ1v) is 3.54. The van der Waals surface area contributed by atoms with E-state index in [9.17, 15) is 13.2 Å². The van der Waals surface area contributed by atoms with E-state index in [1.165, 1.54) is 0 Å². The fraction of sp³-hybridized carbons (Fsp3) is 0.714. The second kappa shape index (κ2) is 5.82. The minimum absolute atomic E-state index is 0.146. The van der Waals surface area contributed by atoms with Crippen molar-refractivity contribution < 1.29 is 27.8 Å². The molecular weight excluding hydrogens is 189 g/mol. The monoisotopic (exact) mass is 200 g/mol. The lowest BCUT2D eigenvalue weighted by Gasteiger charge is -2.19. The van der Waals surface area contributed by atoms with Gasteiger partial charge in [0.05, 0.1) is 26.1 Å². The molecule has 0 aliphatic rings. The summed E-state index contributed by atoms with van der Waals surface area (Å²) >= 11 is 0. The lowest BCUT2D eigenvalue weighted by Crippen LogP contribution is -2.35. The molecule has 0 aliphatic heterocycles. The highest BCUT2D eigenvalue weighted by atomic mass is 19.4. The molecule has 1 atom stereocenters. The van der Waals surface area contributed by atoms with Crippen molar-refractivity contribution in [2.75, 3.05) is 19.8 Å². The highest BCUT2D eigenvalue weighted by molar-refractivity contribution is 4.70. The molecule has 0 amide bonds. The van der Waals surface area contributed by atoms with Crippen molar-refractivity contribution in [3.63, 3.8) is 0 Å². The fourth-order valence-corrected chi connectivity index (χ4v) is 0.582. The van der Waals surface area contributed by atoms with Gasteiger partial charge in [0.1, 0.15) is 0 Å². The number of rotatable bonds is 6. The zero-order chi connectivity index (χ0) is 10.3. The fourth-order valence-electron chi connectivity index (χ4n) is 0.582. The number of halogens is 3. The molecule has 13 heavy (non-hydrogen) atoms. The first kappa shape index (κ1) is 12.2. The molecule has 0 bridgehead atoms. The van der Waals surface area contributed by atoms with Crippen LogP contribution in [0.3, 0.4) is 0 Å². The van der Waals surface area contributed by atoms with Crippen molar-refractivity contribution in [2.45, 2.75) is 12.3 Å². The molecule has 78 valence electrons. The lowest BCUT2D eigenvalue weighted by molar-refractivity contribution is -0.219. The predicted octanol–water partition coefficient (Wildman–Crippen LogP) is 1.09. The van der Waals surface area contributed by atoms with Gasteiger partial charge in [-0.1, -0.05) is 6.58 Å². The van der Waals surface area contributed by atoms with Gasteiger partial charge in [0.15, 0.2) is 0 Å². The molecule has 0 aromatic carbocycles. The van der Waals surface area contributed by atoms with Gasteiger partial charge in [-0.15, -0.1) is 0 Å². The Bertz CT molecular complexity index is 146. The molecular formula is C7H11F3O3. The molecule has 0 radical (unpaired) electrons. The summed E-state index contributed by atoms with van der Waals surface area (Å²) in [4.78, 5) is 0. The van der Waals surface area contributed by atoms with Crippen LogP contribution in [0.25, 0.3) is 0 Å². The van der Waals surface area contributed by atoms with E-state index in [0.29, 0.717) is 6.26 Å². The number of hydrogen-bond donors (Lipinski definition) is 1. The van der Waals surface area contributed by atoms with Crippen molar-refractivity contribution in [3.05, 3.63) is 12.8 Å². The van der Waals surface area contributed by atoms with Crippen molar-refractivity contribution >= 4 is 0 Å². The van der Waals surface area contributed by atoms with E-state index >= 15 is 0 Å². The zero-order valence-electron chi connectivity index (χ0n) is 6.88. The Morgan fingerprint density at radius 3 is 2.46 bits per heavy atom. The van der Waals surface area contributed by atoms with Gasteiger partial charge in [0, 0.05) is 0 Å². The second-order valence-electron chi connectivity index (χ2n) is 2.13. The molecule has 0 spiro atoms. The van der Waals surface area contributed by atoms with Gasteiger partial charge < -0.3 is 14.6 Å². The Kier molecular flexibility index (Phi) is 5.48. The van der Waals surface area contributed by atoms with E-state index in [0.717, 1.165) is 0 Å². The molecule has 0 aromatic rings. The highest BCUT2D eigenvalue weighted by Gasteiger charge is 2.41. The summed E-state index contributed by atoms with van der Waals surface area (Å²) in [6.45, 7) is 1.91. The molecule has 3 nitrogen and oxygen atoms in total. The average molecular weight is 200 g/mol. The zero-order valence-corrected chi connectivity index (χ0v) is 6.88. The van der Waals surface area contributed by atoms with Gasteiger partial charge in [-0.2, -0.15) is 13.2 Å². The third-order valence-corrected chi connectivity index (χ3v) is 1.13. The minimum atomic E-state index is -4.48. The van der Waals surface area contributed by atoms with Crippen LogP contribution in [-0.4, -0.2) is 37.2 Å². The Morgan fingerprint density at radius 2 is 2.08 bits per heavy atom. The first-order valence-electron chi connectivity index (χ1n) is 3.54. The van der Waals surface area contributed by atoms with Crippen LogP contribution in [-0.2, 0) is 9.47 Å². The van der Waals surface area contributed by atoms with Gasteiger partial charge in [-0.05, 0) is 0 Å². The van der Waals surface area contributed by atoms with Gasteiger partial charge in [0.2, 0.25) is 6.10 Å². The summed E-state index contributed by atoms with van der Waals surface area (Å²) in [6.07, 6.45) is -5.79. The number of alkyl halides is 3. The molecule has 1 N–H and O–H groups in total. The van der Waals surface area contributed by atoms with E-state index in [4.69, 9.17) is 5.11 Å². The van der Waals surface area contributed by atoms with Crippen LogP contribution >= 0.6 is 0 Å². The minimum Gasteiger partial charge on any atom is -0.487 e. The Balaban J connectivity index is 3.87. The summed E-state index contributed by atoms with van der Waals surface area (Å²) < 4.78 is 44.7. The van der Waals surface area contributed by atoms with Crippen molar-refractivity contribution in [3.8, 4) is 0 Å². The lowest BCUT2D eigenvalue weighted by atomic mass is 10.4. The van der Waals surface area contributed by atoms with E-state index < -0.39 is 18.9 Å². The SMILES string of the molecule is C=COC(COCCO)C(F)(F)F. The average Bonchev–Trinajstić information content (AvgIpc) is 2.01. The number of ether oxygens (including phenoxy) is 2. The van der Waals surface area contributed by atoms with Gasteiger partial charge >= 0.3 is 6.18 Å². The van der Waals surface area contributed by atoms with Gasteiger partial charge in [-0.25, -0.2) is 0 Å². The Morgan fingerprint density at radius 1 is 1.46 bits per heavy atom. The first-order chi connectivity index (χ1) is 6.02. The summed E-state index contributed by atoms with van der Waals surface area (Å²) in [7, 11) is 0. The summed E-state index contributed by atoms with van der Waals surface area (Å²) in [5, 5.41) is 8.24. The number of hydrogen-bond acceptors (Lipinski definition) is 3. The topological polar surface area (TPSA) is 38.7 Å². The molecule has 0 rings (SSSR count). The molecule has 0 aromatic heterocycles. The highest BCUT2D eigenvalue weighted by Crippen LogP contribution is 2.23. The molecule has 0 heterocycles. The van der Waals surface area contributed by atoms with E-state index in [1.807, 2.05) is 0 Å². The van der Waals surface area contributed by atoms with Crippen LogP contribution < -0.4 is 0 Å². The van der Waals surface area contributed by atoms with E-state index in [2.05, 4.69) is 16.1 Å². The van der Waals surface area contributed by atoms with Crippen molar-refractivity contribution in [1.29, 1.82) is 0 Å². The molecule has 0 fully saturated rings. The molecule has 0 aliphatic carbocycles. The van der Waals surface area contributed by atoms with Crippen molar-refractivity contribution in [2.24, 2.45) is 0 Å². The van der Waals surface area contributed by atoms with Crippen LogP contribution in [0, 0.1) is 0 Å². The largest absolute Gasteiger partial charge is 0.487 e. The normalized spacial score (nSPS) is 13.8. The van der Waals surface area contributed by atoms with Gasteiger partial charge in [0.25, 0.3) is 0 Å². The van der Waals surface area contributed by atoms with Crippen LogP contribution in [0.15, 0.2) is 12.8 Å². The van der Waals surface area contributed by atoms with Crippen LogP contribution in [0.1, 0.15) is 0 Å². The predicted molar refractivity (Wildman–Crippen MR) is 39.0 cm³/mol. The maximum atomic E-state index is 12.0. The molecule has 6 heteroatoms. The molecule has 0 saturated carbocycles. The summed E-state index contributed by atoms with van der Waals surface area (Å²) in [5.41, 5.74) is 0.